The summed E-state index contributed by atoms with van der Waals surface area (Å²) in [7, 11) is 0. The second kappa shape index (κ2) is 9.51. The summed E-state index contributed by atoms with van der Waals surface area (Å²) in [5, 5.41) is 9.36. The van der Waals surface area contributed by atoms with Gasteiger partial charge in [0.1, 0.15) is 10.6 Å². The van der Waals surface area contributed by atoms with E-state index in [0.29, 0.717) is 23.0 Å². The van der Waals surface area contributed by atoms with Crippen LogP contribution in [0.1, 0.15) is 26.5 Å². The number of aryl methyl sites for hydroxylation is 1. The highest BCUT2D eigenvalue weighted by Gasteiger charge is 2.17. The Morgan fingerprint density at radius 2 is 2.03 bits per heavy atom. The molecule has 0 saturated carbocycles. The third kappa shape index (κ3) is 4.73. The number of morpholine rings is 1. The van der Waals surface area contributed by atoms with E-state index in [1.165, 1.54) is 11.3 Å². The van der Waals surface area contributed by atoms with E-state index in [4.69, 9.17) is 16.3 Å². The Hall–Kier alpha value is -2.94. The Labute approximate surface area is 200 Å². The fourth-order valence-electron chi connectivity index (χ4n) is 3.89. The molecule has 1 fully saturated rings. The molecule has 33 heavy (non-hydrogen) atoms. The van der Waals surface area contributed by atoms with Gasteiger partial charge in [-0.25, -0.2) is 4.98 Å². The molecule has 1 aliphatic heterocycles. The number of amides is 1. The summed E-state index contributed by atoms with van der Waals surface area (Å²) < 4.78 is 7.31. The van der Waals surface area contributed by atoms with Crippen LogP contribution in [0.15, 0.2) is 48.7 Å². The number of halogens is 1. The molecule has 0 unspecified atom stereocenters. The summed E-state index contributed by atoms with van der Waals surface area (Å²) in [5.41, 5.74) is 2.86. The first-order valence-electron chi connectivity index (χ1n) is 10.8. The predicted octanol–water partition coefficient (Wildman–Crippen LogP) is 4.27. The first-order chi connectivity index (χ1) is 16.1. The highest BCUT2D eigenvalue weighted by Crippen LogP contribution is 2.29. The Bertz CT molecular complexity index is 1280. The Balaban J connectivity index is 1.26. The predicted molar refractivity (Wildman–Crippen MR) is 131 cm³/mol. The number of hydrogen-bond acceptors (Lipinski definition) is 6. The number of aromatic nitrogens is 3. The van der Waals surface area contributed by atoms with Crippen molar-refractivity contribution in [1.29, 1.82) is 0 Å². The second-order valence-electron chi connectivity index (χ2n) is 7.97. The molecule has 0 bridgehead atoms. The van der Waals surface area contributed by atoms with Crippen molar-refractivity contribution in [1.82, 2.24) is 20.1 Å². The van der Waals surface area contributed by atoms with Crippen molar-refractivity contribution in [2.75, 3.05) is 31.2 Å². The molecule has 1 aromatic carbocycles. The minimum absolute atomic E-state index is 0.0999. The first kappa shape index (κ1) is 21.9. The number of pyridine rings is 1. The van der Waals surface area contributed by atoms with E-state index >= 15 is 0 Å². The number of benzene rings is 1. The van der Waals surface area contributed by atoms with E-state index in [-0.39, 0.29) is 5.91 Å². The van der Waals surface area contributed by atoms with Crippen molar-refractivity contribution in [3.63, 3.8) is 0 Å². The van der Waals surface area contributed by atoms with Gasteiger partial charge < -0.3 is 15.0 Å². The lowest BCUT2D eigenvalue weighted by Gasteiger charge is -2.27. The molecular weight excluding hydrogens is 458 g/mol. The maximum absolute atomic E-state index is 12.8. The van der Waals surface area contributed by atoms with E-state index in [9.17, 15) is 4.79 Å². The molecule has 1 saturated heterocycles. The van der Waals surface area contributed by atoms with E-state index in [2.05, 4.69) is 20.3 Å². The highest BCUT2D eigenvalue weighted by atomic mass is 35.5. The van der Waals surface area contributed by atoms with Gasteiger partial charge in [-0.3, -0.25) is 9.48 Å². The molecule has 1 aliphatic rings. The molecule has 0 spiro atoms. The lowest BCUT2D eigenvalue weighted by atomic mass is 10.2. The quantitative estimate of drug-likeness (QED) is 0.445. The van der Waals surface area contributed by atoms with Crippen molar-refractivity contribution in [2.45, 2.75) is 20.0 Å². The molecule has 3 aromatic heterocycles. The van der Waals surface area contributed by atoms with Crippen molar-refractivity contribution in [2.24, 2.45) is 0 Å². The summed E-state index contributed by atoms with van der Waals surface area (Å²) in [6, 6.07) is 13.7. The van der Waals surface area contributed by atoms with Gasteiger partial charge in [-0.1, -0.05) is 35.9 Å². The van der Waals surface area contributed by atoms with Crippen molar-refractivity contribution in [3.05, 3.63) is 75.4 Å². The van der Waals surface area contributed by atoms with E-state index in [0.717, 1.165) is 59.2 Å². The van der Waals surface area contributed by atoms with Crippen LogP contribution in [0.2, 0.25) is 5.02 Å². The van der Waals surface area contributed by atoms with Crippen LogP contribution in [0.3, 0.4) is 0 Å². The Morgan fingerprint density at radius 1 is 1.21 bits per heavy atom. The third-order valence-corrected chi connectivity index (χ3v) is 7.22. The average molecular weight is 482 g/mol. The summed E-state index contributed by atoms with van der Waals surface area (Å²) >= 11 is 7.77. The van der Waals surface area contributed by atoms with Gasteiger partial charge in [0.15, 0.2) is 0 Å². The second-order valence-corrected chi connectivity index (χ2v) is 9.41. The molecule has 0 radical (unpaired) electrons. The minimum atomic E-state index is -0.0999. The zero-order valence-corrected chi connectivity index (χ0v) is 19.8. The average Bonchev–Trinajstić information content (AvgIpc) is 3.41. The molecule has 1 amide bonds. The highest BCUT2D eigenvalue weighted by molar-refractivity contribution is 7.20. The topological polar surface area (TPSA) is 72.3 Å². The molecule has 4 aromatic rings. The van der Waals surface area contributed by atoms with Crippen LogP contribution >= 0.6 is 22.9 Å². The minimum Gasteiger partial charge on any atom is -0.378 e. The molecule has 7 nitrogen and oxygen atoms in total. The van der Waals surface area contributed by atoms with Crippen LogP contribution in [0.4, 0.5) is 5.82 Å². The maximum Gasteiger partial charge on any atom is 0.261 e. The van der Waals surface area contributed by atoms with E-state index < -0.39 is 0 Å². The number of nitrogens with one attached hydrogen (secondary N) is 1. The number of thiophene rings is 1. The number of ether oxygens (including phenoxy) is 1. The van der Waals surface area contributed by atoms with Gasteiger partial charge in [0.05, 0.1) is 30.3 Å². The smallest absolute Gasteiger partial charge is 0.261 e. The van der Waals surface area contributed by atoms with Gasteiger partial charge in [-0.05, 0) is 36.2 Å². The zero-order chi connectivity index (χ0) is 22.8. The Morgan fingerprint density at radius 3 is 2.79 bits per heavy atom. The maximum atomic E-state index is 12.8. The SMILES string of the molecule is Cc1nn(Cc2ccccc2Cl)c2sc(C(=O)NCc3ccc(N4CCOCC4)nc3)cc12. The number of fused-ring (bicyclic) bond motifs is 1. The largest absolute Gasteiger partial charge is 0.378 e. The zero-order valence-electron chi connectivity index (χ0n) is 18.3. The van der Waals surface area contributed by atoms with Crippen molar-refractivity contribution >= 4 is 44.9 Å². The number of anilines is 1. The van der Waals surface area contributed by atoms with Crippen LogP contribution in [0.25, 0.3) is 10.2 Å². The molecule has 5 rings (SSSR count). The number of nitrogens with zero attached hydrogens (tertiary/aromatic N) is 4. The molecule has 0 atom stereocenters. The number of rotatable bonds is 6. The normalized spacial score (nSPS) is 14.1. The van der Waals surface area contributed by atoms with Crippen molar-refractivity contribution in [3.8, 4) is 0 Å². The lowest BCUT2D eigenvalue weighted by Crippen LogP contribution is -2.36. The molecule has 9 heteroatoms. The van der Waals surface area contributed by atoms with Crippen molar-refractivity contribution < 1.29 is 9.53 Å². The van der Waals surface area contributed by atoms with E-state index in [1.54, 1.807) is 0 Å². The number of carbonyl (C=O) groups excluding carboxylic acids is 1. The summed E-state index contributed by atoms with van der Waals surface area (Å²) in [5.74, 6) is 0.841. The van der Waals surface area contributed by atoms with Crippen LogP contribution in [-0.2, 0) is 17.8 Å². The lowest BCUT2D eigenvalue weighted by molar-refractivity contribution is 0.0955. The van der Waals surface area contributed by atoms with Crippen LogP contribution in [-0.4, -0.2) is 47.0 Å². The standard InChI is InChI=1S/C24H24ClN5O2S/c1-16-19-12-21(33-24(19)30(28-16)15-18-4-2-3-5-20(18)25)23(31)27-14-17-6-7-22(26-13-17)29-8-10-32-11-9-29/h2-7,12-13H,8-11,14-15H2,1H3,(H,27,31). The summed E-state index contributed by atoms with van der Waals surface area (Å²) in [4.78, 5) is 21.2. The van der Waals surface area contributed by atoms with Gasteiger partial charge in [-0.2, -0.15) is 5.10 Å². The first-order valence-corrected chi connectivity index (χ1v) is 12.0. The Kier molecular flexibility index (Phi) is 6.30. The monoisotopic (exact) mass is 481 g/mol. The number of carbonyl (C=O) groups is 1. The van der Waals surface area contributed by atoms with Crippen LogP contribution in [0, 0.1) is 6.92 Å². The van der Waals surface area contributed by atoms with Gasteiger partial charge in [-0.15, -0.1) is 11.3 Å². The van der Waals surface area contributed by atoms with Crippen LogP contribution < -0.4 is 10.2 Å². The summed E-state index contributed by atoms with van der Waals surface area (Å²) in [6.07, 6.45) is 1.82. The molecule has 0 aliphatic carbocycles. The molecular formula is C24H24ClN5O2S. The van der Waals surface area contributed by atoms with Gasteiger partial charge in [0, 0.05) is 36.2 Å². The number of hydrogen-bond donors (Lipinski definition) is 1. The fourth-order valence-corrected chi connectivity index (χ4v) is 5.16. The molecule has 1 N–H and O–H groups in total. The fraction of sp³-hybridized carbons (Fsp3) is 0.292. The molecule has 170 valence electrons. The summed E-state index contributed by atoms with van der Waals surface area (Å²) in [6.45, 7) is 6.10. The van der Waals surface area contributed by atoms with Gasteiger partial charge in [0.25, 0.3) is 5.91 Å². The van der Waals surface area contributed by atoms with Gasteiger partial charge in [0.2, 0.25) is 0 Å². The van der Waals surface area contributed by atoms with Crippen LogP contribution in [0.5, 0.6) is 0 Å². The van der Waals surface area contributed by atoms with Gasteiger partial charge >= 0.3 is 0 Å². The molecule has 4 heterocycles. The third-order valence-electron chi connectivity index (χ3n) is 5.71. The van der Waals surface area contributed by atoms with E-state index in [1.807, 2.05) is 60.3 Å².